The smallest absolute Gasteiger partial charge is 0.493 e. The Morgan fingerprint density at radius 2 is 1.40 bits per heavy atom. The molecule has 5 aromatic carbocycles. The van der Waals surface area contributed by atoms with Crippen LogP contribution in [0.3, 0.4) is 0 Å². The fraction of sp³-hybridized carbons (Fsp3) is 0.184. The largest absolute Gasteiger partial charge is 0.512 e. The van der Waals surface area contributed by atoms with E-state index >= 15 is 0 Å². The van der Waals surface area contributed by atoms with Crippen LogP contribution in [0.4, 0.5) is 4.79 Å². The highest BCUT2D eigenvalue weighted by Crippen LogP contribution is 2.40. The van der Waals surface area contributed by atoms with Crippen LogP contribution in [-0.2, 0) is 11.8 Å². The molecule has 0 saturated carbocycles. The van der Waals surface area contributed by atoms with Gasteiger partial charge in [-0.2, -0.15) is 0 Å². The lowest BCUT2D eigenvalue weighted by Crippen LogP contribution is -2.10. The van der Waals surface area contributed by atoms with Gasteiger partial charge in [0.05, 0.1) is 12.1 Å². The van der Waals surface area contributed by atoms with Gasteiger partial charge in [-0.3, -0.25) is 0 Å². The minimum absolute atomic E-state index is 0.0742. The molecule has 43 heavy (non-hydrogen) atoms. The summed E-state index contributed by atoms with van der Waals surface area (Å²) in [5.41, 5.74) is 7.31. The van der Waals surface area contributed by atoms with Gasteiger partial charge >= 0.3 is 6.16 Å². The summed E-state index contributed by atoms with van der Waals surface area (Å²) in [6.07, 6.45) is -0.0690. The van der Waals surface area contributed by atoms with Crippen LogP contribution in [0.25, 0.3) is 43.9 Å². The van der Waals surface area contributed by atoms with Crippen molar-refractivity contribution in [3.63, 3.8) is 0 Å². The van der Waals surface area contributed by atoms with Crippen LogP contribution in [0.15, 0.2) is 109 Å². The molecule has 0 atom stereocenters. The van der Waals surface area contributed by atoms with E-state index < -0.39 is 6.16 Å². The number of rotatable bonds is 8. The molecule has 216 valence electrons. The van der Waals surface area contributed by atoms with Crippen molar-refractivity contribution in [1.29, 1.82) is 0 Å². The van der Waals surface area contributed by atoms with Gasteiger partial charge in [0.1, 0.15) is 5.75 Å². The molecule has 0 unspecified atom stereocenters. The van der Waals surface area contributed by atoms with Gasteiger partial charge in [0.25, 0.3) is 0 Å². The number of nitrogens with one attached hydrogen (secondary N) is 1. The second kappa shape index (κ2) is 11.7. The molecule has 5 heteroatoms. The van der Waals surface area contributed by atoms with E-state index in [9.17, 15) is 9.90 Å². The van der Waals surface area contributed by atoms with Crippen molar-refractivity contribution in [1.82, 2.24) is 4.98 Å². The van der Waals surface area contributed by atoms with Crippen molar-refractivity contribution in [3.05, 3.63) is 120 Å². The van der Waals surface area contributed by atoms with Crippen LogP contribution in [-0.4, -0.2) is 22.9 Å². The lowest BCUT2D eigenvalue weighted by atomic mass is 9.85. The van der Waals surface area contributed by atoms with Gasteiger partial charge in [-0.1, -0.05) is 124 Å². The SMILES string of the molecule is CC(C)(C)c1ccc(-c2ccccc2-c2cccc3c(CCCOc4cccc5ccccc45)c(OC(=O)O)[nH]c23)cc1. The molecule has 0 spiro atoms. The van der Waals surface area contributed by atoms with Crippen molar-refractivity contribution in [3.8, 4) is 33.9 Å². The molecule has 1 heterocycles. The minimum Gasteiger partial charge on any atom is -0.493 e. The zero-order chi connectivity index (χ0) is 30.0. The Balaban J connectivity index is 1.32. The first kappa shape index (κ1) is 28.1. The van der Waals surface area contributed by atoms with Crippen LogP contribution in [0.5, 0.6) is 11.6 Å². The molecule has 2 N–H and O–H groups in total. The standard InChI is InChI=1S/C38H35NO4/c1-38(2,3)27-22-20-26(21-23-27)28-13-6-7-15-30(28)31-16-9-17-32-33(36(39-35(31)32)43-37(40)41)18-10-24-42-34-19-8-12-25-11-4-5-14-29(25)34/h4-9,11-17,19-23,39H,10,18,24H2,1-3H3,(H,40,41). The van der Waals surface area contributed by atoms with Gasteiger partial charge in [0.15, 0.2) is 0 Å². The lowest BCUT2D eigenvalue weighted by molar-refractivity contribution is 0.142. The topological polar surface area (TPSA) is 71.6 Å². The van der Waals surface area contributed by atoms with Crippen molar-refractivity contribution < 1.29 is 19.4 Å². The third-order valence-corrected chi connectivity index (χ3v) is 7.95. The van der Waals surface area contributed by atoms with Gasteiger partial charge in [0.2, 0.25) is 5.88 Å². The summed E-state index contributed by atoms with van der Waals surface area (Å²) >= 11 is 0. The van der Waals surface area contributed by atoms with E-state index in [1.165, 1.54) is 5.56 Å². The fourth-order valence-electron chi connectivity index (χ4n) is 5.77. The van der Waals surface area contributed by atoms with Crippen molar-refractivity contribution in [2.45, 2.75) is 39.0 Å². The number of para-hydroxylation sites is 1. The van der Waals surface area contributed by atoms with Crippen LogP contribution in [0.1, 0.15) is 38.3 Å². The average Bonchev–Trinajstić information content (AvgIpc) is 3.35. The lowest BCUT2D eigenvalue weighted by Gasteiger charge is -2.19. The monoisotopic (exact) mass is 569 g/mol. The number of carbonyl (C=O) groups is 1. The highest BCUT2D eigenvalue weighted by molar-refractivity contribution is 6.01. The molecule has 0 fully saturated rings. The van der Waals surface area contributed by atoms with E-state index in [0.717, 1.165) is 55.2 Å². The maximum atomic E-state index is 11.7. The van der Waals surface area contributed by atoms with Crippen molar-refractivity contribution in [2.24, 2.45) is 0 Å². The first-order valence-electron chi connectivity index (χ1n) is 14.6. The highest BCUT2D eigenvalue weighted by atomic mass is 16.7. The highest BCUT2D eigenvalue weighted by Gasteiger charge is 2.20. The maximum absolute atomic E-state index is 11.7. The van der Waals surface area contributed by atoms with Gasteiger partial charge in [-0.25, -0.2) is 4.79 Å². The van der Waals surface area contributed by atoms with E-state index in [2.05, 4.69) is 86.4 Å². The van der Waals surface area contributed by atoms with Crippen molar-refractivity contribution in [2.75, 3.05) is 6.61 Å². The Morgan fingerprint density at radius 3 is 2.16 bits per heavy atom. The van der Waals surface area contributed by atoms with Crippen LogP contribution < -0.4 is 9.47 Å². The molecule has 5 nitrogen and oxygen atoms in total. The quantitative estimate of drug-likeness (QED) is 0.141. The molecule has 0 bridgehead atoms. The van der Waals surface area contributed by atoms with Gasteiger partial charge < -0.3 is 19.6 Å². The van der Waals surface area contributed by atoms with Crippen LogP contribution >= 0.6 is 0 Å². The Morgan fingerprint density at radius 1 is 0.744 bits per heavy atom. The molecule has 6 rings (SSSR count). The van der Waals surface area contributed by atoms with E-state index in [4.69, 9.17) is 9.47 Å². The Labute approximate surface area is 251 Å². The molecular formula is C38H35NO4. The summed E-state index contributed by atoms with van der Waals surface area (Å²) in [6.45, 7) is 7.13. The number of ether oxygens (including phenoxy) is 2. The summed E-state index contributed by atoms with van der Waals surface area (Å²) in [4.78, 5) is 15.0. The number of benzene rings is 5. The summed E-state index contributed by atoms with van der Waals surface area (Å²) in [5, 5.41) is 12.7. The molecule has 0 saturated heterocycles. The van der Waals surface area contributed by atoms with Crippen LogP contribution in [0.2, 0.25) is 0 Å². The molecule has 0 radical (unpaired) electrons. The molecule has 6 aromatic rings. The molecule has 0 aliphatic heterocycles. The predicted octanol–water partition coefficient (Wildman–Crippen LogP) is 10.0. The normalized spacial score (nSPS) is 11.6. The minimum atomic E-state index is -1.35. The first-order valence-corrected chi connectivity index (χ1v) is 14.6. The second-order valence-corrected chi connectivity index (χ2v) is 11.8. The Bertz CT molecular complexity index is 1910. The van der Waals surface area contributed by atoms with Gasteiger partial charge in [0, 0.05) is 21.9 Å². The Kier molecular flexibility index (Phi) is 7.64. The summed E-state index contributed by atoms with van der Waals surface area (Å²) in [5.74, 6) is 1.10. The van der Waals surface area contributed by atoms with E-state index in [1.807, 2.05) is 48.5 Å². The number of H-pyrrole nitrogens is 1. The zero-order valence-electron chi connectivity index (χ0n) is 24.7. The third-order valence-electron chi connectivity index (χ3n) is 7.95. The van der Waals surface area contributed by atoms with Gasteiger partial charge in [-0.15, -0.1) is 0 Å². The number of aromatic amines is 1. The number of carboxylic acid groups (broad SMARTS) is 1. The summed E-state index contributed by atoms with van der Waals surface area (Å²) in [6, 6.07) is 37.4. The molecule has 0 amide bonds. The molecule has 0 aliphatic carbocycles. The third kappa shape index (κ3) is 5.84. The second-order valence-electron chi connectivity index (χ2n) is 11.8. The number of aryl methyl sites for hydroxylation is 1. The predicted molar refractivity (Wildman–Crippen MR) is 174 cm³/mol. The maximum Gasteiger partial charge on any atom is 0.512 e. The number of hydrogen-bond donors (Lipinski definition) is 2. The van der Waals surface area contributed by atoms with E-state index in [-0.39, 0.29) is 11.3 Å². The number of hydrogen-bond acceptors (Lipinski definition) is 3. The first-order chi connectivity index (χ1) is 20.8. The number of aromatic nitrogens is 1. The molecule has 1 aromatic heterocycles. The summed E-state index contributed by atoms with van der Waals surface area (Å²) < 4.78 is 11.4. The van der Waals surface area contributed by atoms with Crippen molar-refractivity contribution >= 4 is 27.8 Å². The van der Waals surface area contributed by atoms with Crippen LogP contribution in [0, 0.1) is 0 Å². The molecule has 0 aliphatic rings. The fourth-order valence-corrected chi connectivity index (χ4v) is 5.77. The van der Waals surface area contributed by atoms with Gasteiger partial charge in [-0.05, 0) is 52.0 Å². The van der Waals surface area contributed by atoms with E-state index in [0.29, 0.717) is 19.4 Å². The Hall–Kier alpha value is -5.03. The molecular weight excluding hydrogens is 534 g/mol. The summed E-state index contributed by atoms with van der Waals surface area (Å²) in [7, 11) is 0. The average molecular weight is 570 g/mol. The zero-order valence-corrected chi connectivity index (χ0v) is 24.7. The van der Waals surface area contributed by atoms with E-state index in [1.54, 1.807) is 0 Å². The number of fused-ring (bicyclic) bond motifs is 2.